The van der Waals surface area contributed by atoms with E-state index >= 15 is 0 Å². The highest BCUT2D eigenvalue weighted by Gasteiger charge is 2.31. The van der Waals surface area contributed by atoms with Gasteiger partial charge >= 0.3 is 0 Å². The molecule has 17 heavy (non-hydrogen) atoms. The second-order valence-electron chi connectivity index (χ2n) is 4.42. The van der Waals surface area contributed by atoms with E-state index in [-0.39, 0.29) is 12.0 Å². The molecule has 1 N–H and O–H groups in total. The third-order valence-electron chi connectivity index (χ3n) is 3.19. The molecule has 2 heterocycles. The summed E-state index contributed by atoms with van der Waals surface area (Å²) in [6.45, 7) is 2.92. The van der Waals surface area contributed by atoms with Gasteiger partial charge in [0.25, 0.3) is 5.91 Å². The van der Waals surface area contributed by atoms with Crippen LogP contribution in [0, 0.1) is 6.92 Å². The third kappa shape index (κ3) is 1.64. The number of fused-ring (bicyclic) bond motifs is 1. The molecule has 88 valence electrons. The van der Waals surface area contributed by atoms with Gasteiger partial charge in [-0.25, -0.2) is 0 Å². The van der Waals surface area contributed by atoms with Crippen LogP contribution in [0.25, 0.3) is 10.1 Å². The lowest BCUT2D eigenvalue weighted by molar-refractivity contribution is 0.00619. The first-order chi connectivity index (χ1) is 8.16. The molecule has 0 bridgehead atoms. The number of likely N-dealkylation sites (tertiary alicyclic amines) is 1. The number of rotatable bonds is 1. The first-order valence-electron chi connectivity index (χ1n) is 5.62. The van der Waals surface area contributed by atoms with Crippen LogP contribution in [0.2, 0.25) is 0 Å². The number of thiophene rings is 1. The van der Waals surface area contributed by atoms with E-state index in [9.17, 15) is 9.90 Å². The molecule has 0 aliphatic carbocycles. The third-order valence-corrected chi connectivity index (χ3v) is 4.45. The number of amides is 1. The lowest BCUT2D eigenvalue weighted by Crippen LogP contribution is -2.53. The monoisotopic (exact) mass is 247 g/mol. The Morgan fingerprint density at radius 2 is 2.12 bits per heavy atom. The quantitative estimate of drug-likeness (QED) is 0.837. The predicted molar refractivity (Wildman–Crippen MR) is 68.5 cm³/mol. The van der Waals surface area contributed by atoms with Crippen LogP contribution in [0.4, 0.5) is 0 Å². The van der Waals surface area contributed by atoms with Crippen molar-refractivity contribution in [2.24, 2.45) is 0 Å². The zero-order valence-corrected chi connectivity index (χ0v) is 10.3. The number of benzene rings is 1. The molecule has 1 fully saturated rings. The van der Waals surface area contributed by atoms with E-state index < -0.39 is 0 Å². The van der Waals surface area contributed by atoms with Crippen LogP contribution in [0.3, 0.4) is 0 Å². The molecule has 1 aliphatic rings. The van der Waals surface area contributed by atoms with E-state index in [1.165, 1.54) is 11.3 Å². The van der Waals surface area contributed by atoms with Crippen molar-refractivity contribution in [3.63, 3.8) is 0 Å². The fourth-order valence-electron chi connectivity index (χ4n) is 2.14. The van der Waals surface area contributed by atoms with Crippen LogP contribution in [0.1, 0.15) is 15.2 Å². The van der Waals surface area contributed by atoms with E-state index in [1.807, 2.05) is 31.2 Å². The van der Waals surface area contributed by atoms with Crippen LogP contribution in [-0.4, -0.2) is 35.1 Å². The van der Waals surface area contributed by atoms with Gasteiger partial charge in [0.2, 0.25) is 0 Å². The minimum Gasteiger partial charge on any atom is -0.389 e. The first-order valence-corrected chi connectivity index (χ1v) is 6.44. The standard InChI is InChI=1S/C13H13NO2S/c1-8-10-4-2-3-5-11(10)17-12(8)13(16)14-6-9(15)7-14/h2-5,9,15H,6-7H2,1H3. The molecular formula is C13H13NO2S. The van der Waals surface area contributed by atoms with E-state index in [2.05, 4.69) is 0 Å². The minimum absolute atomic E-state index is 0.0500. The largest absolute Gasteiger partial charge is 0.389 e. The molecule has 1 aliphatic heterocycles. The topological polar surface area (TPSA) is 40.5 Å². The number of carbonyl (C=O) groups is 1. The summed E-state index contributed by atoms with van der Waals surface area (Å²) in [5, 5.41) is 10.4. The summed E-state index contributed by atoms with van der Waals surface area (Å²) >= 11 is 1.54. The smallest absolute Gasteiger partial charge is 0.264 e. The number of aryl methyl sites for hydroxylation is 1. The van der Waals surface area contributed by atoms with Crippen molar-refractivity contribution >= 4 is 27.3 Å². The number of hydrogen-bond acceptors (Lipinski definition) is 3. The molecule has 4 heteroatoms. The van der Waals surface area contributed by atoms with Crippen molar-refractivity contribution in [3.8, 4) is 0 Å². The number of aliphatic hydroxyl groups excluding tert-OH is 1. The Balaban J connectivity index is 2.00. The SMILES string of the molecule is Cc1c(C(=O)N2CC(O)C2)sc2ccccc12. The van der Waals surface area contributed by atoms with Crippen LogP contribution >= 0.6 is 11.3 Å². The van der Waals surface area contributed by atoms with Crippen molar-refractivity contribution < 1.29 is 9.90 Å². The van der Waals surface area contributed by atoms with Crippen molar-refractivity contribution in [2.75, 3.05) is 13.1 Å². The highest BCUT2D eigenvalue weighted by molar-refractivity contribution is 7.21. The van der Waals surface area contributed by atoms with E-state index in [0.717, 1.165) is 20.5 Å². The normalized spacial score (nSPS) is 16.2. The summed E-state index contributed by atoms with van der Waals surface area (Å²) in [4.78, 5) is 14.7. The molecule has 1 aromatic heterocycles. The molecule has 1 amide bonds. The molecule has 1 saturated heterocycles. The maximum atomic E-state index is 12.2. The molecule has 0 spiro atoms. The molecular weight excluding hydrogens is 234 g/mol. The summed E-state index contributed by atoms with van der Waals surface area (Å²) in [5.41, 5.74) is 1.05. The van der Waals surface area contributed by atoms with Gasteiger partial charge in [0, 0.05) is 17.8 Å². The highest BCUT2D eigenvalue weighted by Crippen LogP contribution is 2.32. The Kier molecular flexibility index (Phi) is 2.42. The number of aliphatic hydroxyl groups is 1. The van der Waals surface area contributed by atoms with Crippen molar-refractivity contribution in [1.82, 2.24) is 4.90 Å². The molecule has 1 aromatic carbocycles. The maximum Gasteiger partial charge on any atom is 0.264 e. The van der Waals surface area contributed by atoms with Crippen LogP contribution in [-0.2, 0) is 0 Å². The maximum absolute atomic E-state index is 12.2. The second-order valence-corrected chi connectivity index (χ2v) is 5.47. The fraction of sp³-hybridized carbons (Fsp3) is 0.308. The number of carbonyl (C=O) groups excluding carboxylic acids is 1. The second kappa shape index (κ2) is 3.82. The summed E-state index contributed by atoms with van der Waals surface area (Å²) in [5.74, 6) is 0.0500. The number of β-amino-alcohol motifs (C(OH)–C–C–N with tert-alkyl or cyclic N) is 1. The van der Waals surface area contributed by atoms with Crippen molar-refractivity contribution in [1.29, 1.82) is 0 Å². The van der Waals surface area contributed by atoms with E-state index in [4.69, 9.17) is 0 Å². The van der Waals surface area contributed by atoms with Gasteiger partial charge in [-0.3, -0.25) is 4.79 Å². The van der Waals surface area contributed by atoms with Crippen LogP contribution in [0.5, 0.6) is 0 Å². The highest BCUT2D eigenvalue weighted by atomic mass is 32.1. The van der Waals surface area contributed by atoms with Gasteiger partial charge in [0.05, 0.1) is 11.0 Å². The molecule has 0 radical (unpaired) electrons. The van der Waals surface area contributed by atoms with Gasteiger partial charge < -0.3 is 10.0 Å². The summed E-state index contributed by atoms with van der Waals surface area (Å²) in [6.07, 6.45) is -0.339. The lowest BCUT2D eigenvalue weighted by atomic mass is 10.1. The average Bonchev–Trinajstić information content (AvgIpc) is 2.63. The van der Waals surface area contributed by atoms with Gasteiger partial charge in [-0.2, -0.15) is 0 Å². The van der Waals surface area contributed by atoms with Gasteiger partial charge in [-0.05, 0) is 23.9 Å². The summed E-state index contributed by atoms with van der Waals surface area (Å²) in [7, 11) is 0. The molecule has 3 rings (SSSR count). The van der Waals surface area contributed by atoms with Gasteiger partial charge in [0.1, 0.15) is 0 Å². The molecule has 0 saturated carbocycles. The van der Waals surface area contributed by atoms with Gasteiger partial charge in [-0.15, -0.1) is 11.3 Å². The predicted octanol–water partition coefficient (Wildman–Crippen LogP) is 2.03. The van der Waals surface area contributed by atoms with Gasteiger partial charge in [0.15, 0.2) is 0 Å². The summed E-state index contributed by atoms with van der Waals surface area (Å²) < 4.78 is 1.15. The van der Waals surface area contributed by atoms with E-state index in [0.29, 0.717) is 13.1 Å². The summed E-state index contributed by atoms with van der Waals surface area (Å²) in [6, 6.07) is 8.06. The fourth-order valence-corrected chi connectivity index (χ4v) is 3.32. The Morgan fingerprint density at radius 3 is 2.76 bits per heavy atom. The minimum atomic E-state index is -0.339. The molecule has 0 unspecified atom stereocenters. The molecule has 3 nitrogen and oxygen atoms in total. The molecule has 2 aromatic rings. The van der Waals surface area contributed by atoms with E-state index in [1.54, 1.807) is 4.90 Å². The average molecular weight is 247 g/mol. The van der Waals surface area contributed by atoms with Crippen molar-refractivity contribution in [3.05, 3.63) is 34.7 Å². The first kappa shape index (κ1) is 10.7. The zero-order chi connectivity index (χ0) is 12.0. The Morgan fingerprint density at radius 1 is 1.41 bits per heavy atom. The Bertz CT molecular complexity index is 584. The molecule has 0 atom stereocenters. The Labute approximate surface area is 103 Å². The van der Waals surface area contributed by atoms with Gasteiger partial charge in [-0.1, -0.05) is 18.2 Å². The van der Waals surface area contributed by atoms with Crippen LogP contribution in [0.15, 0.2) is 24.3 Å². The number of nitrogens with zero attached hydrogens (tertiary/aromatic N) is 1. The van der Waals surface area contributed by atoms with Crippen LogP contribution < -0.4 is 0 Å². The zero-order valence-electron chi connectivity index (χ0n) is 9.51. The Hall–Kier alpha value is -1.39. The number of hydrogen-bond donors (Lipinski definition) is 1. The van der Waals surface area contributed by atoms with Crippen molar-refractivity contribution in [2.45, 2.75) is 13.0 Å². The lowest BCUT2D eigenvalue weighted by Gasteiger charge is -2.35.